The Morgan fingerprint density at radius 1 is 1.47 bits per heavy atom. The van der Waals surface area contributed by atoms with Crippen LogP contribution < -0.4 is 5.32 Å². The smallest absolute Gasteiger partial charge is 0.261 e. The quantitative estimate of drug-likeness (QED) is 0.665. The van der Waals surface area contributed by atoms with Gasteiger partial charge in [-0.2, -0.15) is 0 Å². The summed E-state index contributed by atoms with van der Waals surface area (Å²) in [5.74, 6) is -0.468. The van der Waals surface area contributed by atoms with Gasteiger partial charge in [0.1, 0.15) is 0 Å². The van der Waals surface area contributed by atoms with E-state index in [2.05, 4.69) is 5.32 Å². The average Bonchev–Trinajstić information content (AvgIpc) is 2.39. The van der Waals surface area contributed by atoms with Crippen LogP contribution in [0.2, 0.25) is 0 Å². The van der Waals surface area contributed by atoms with Gasteiger partial charge in [-0.1, -0.05) is 18.2 Å². The van der Waals surface area contributed by atoms with Crippen molar-refractivity contribution in [3.8, 4) is 0 Å². The molecule has 0 saturated heterocycles. The molecule has 0 saturated carbocycles. The first-order chi connectivity index (χ1) is 7.04. The molecule has 1 aromatic carbocycles. The van der Waals surface area contributed by atoms with Gasteiger partial charge in [-0.25, -0.2) is 0 Å². The molecule has 2 rings (SSSR count). The molecule has 0 radical (unpaired) electrons. The normalized spacial score (nSPS) is 25.9. The summed E-state index contributed by atoms with van der Waals surface area (Å²) in [5.41, 5.74) is -0.438. The number of hydrogen-bond donors (Lipinski definition) is 3. The molecule has 0 bridgehead atoms. The predicted octanol–water partition coefficient (Wildman–Crippen LogP) is 0.597. The maximum atomic E-state index is 11.6. The van der Waals surface area contributed by atoms with Gasteiger partial charge in [-0.05, 0) is 13.0 Å². The van der Waals surface area contributed by atoms with Crippen molar-refractivity contribution in [1.82, 2.24) is 0 Å². The Hall–Kier alpha value is -1.39. The number of carbonyl (C=O) groups excluding carboxylic acids is 1. The molecule has 15 heavy (non-hydrogen) atoms. The van der Waals surface area contributed by atoms with Crippen LogP contribution in [0.3, 0.4) is 0 Å². The average molecular weight is 207 g/mol. The van der Waals surface area contributed by atoms with Crippen LogP contribution in [-0.4, -0.2) is 22.2 Å². The maximum Gasteiger partial charge on any atom is 0.261 e. The van der Waals surface area contributed by atoms with Crippen molar-refractivity contribution in [3.63, 3.8) is 0 Å². The monoisotopic (exact) mass is 207 g/mol. The fourth-order valence-corrected chi connectivity index (χ4v) is 1.93. The summed E-state index contributed by atoms with van der Waals surface area (Å²) in [4.78, 5) is 11.6. The molecular weight excluding hydrogens is 194 g/mol. The van der Waals surface area contributed by atoms with E-state index in [1.165, 1.54) is 0 Å². The molecule has 0 fully saturated rings. The van der Waals surface area contributed by atoms with Crippen molar-refractivity contribution in [3.05, 3.63) is 29.8 Å². The van der Waals surface area contributed by atoms with E-state index in [4.69, 9.17) is 0 Å². The number of rotatable bonds is 2. The van der Waals surface area contributed by atoms with Crippen LogP contribution >= 0.6 is 0 Å². The number of para-hydroxylation sites is 1. The number of benzene rings is 1. The molecular formula is C11H13NO3. The largest absolute Gasteiger partial charge is 0.393 e. The second-order valence-electron chi connectivity index (χ2n) is 3.91. The number of fused-ring (bicyclic) bond motifs is 1. The first-order valence-corrected chi connectivity index (χ1v) is 4.85. The summed E-state index contributed by atoms with van der Waals surface area (Å²) in [5, 5.41) is 22.1. The van der Waals surface area contributed by atoms with E-state index in [1.807, 2.05) is 0 Å². The van der Waals surface area contributed by atoms with E-state index in [0.717, 1.165) is 0 Å². The highest BCUT2D eigenvalue weighted by Crippen LogP contribution is 2.38. The highest BCUT2D eigenvalue weighted by atomic mass is 16.3. The Morgan fingerprint density at radius 2 is 2.13 bits per heavy atom. The number of carbonyl (C=O) groups is 1. The standard InChI is InChI=1S/C11H13NO3/c1-7(13)6-11(15)8-4-2-3-5-9(8)12-10(11)14/h2-5,7,13,15H,6H2,1H3,(H,12,14)/t7-,11+/m0/s1. The topological polar surface area (TPSA) is 69.6 Å². The fourth-order valence-electron chi connectivity index (χ4n) is 1.93. The SMILES string of the molecule is C[C@H](O)C[C@]1(O)C(=O)Nc2ccccc21. The Labute approximate surface area is 87.6 Å². The zero-order chi connectivity index (χ0) is 11.1. The first-order valence-electron chi connectivity index (χ1n) is 4.85. The van der Waals surface area contributed by atoms with Gasteiger partial charge in [0, 0.05) is 17.7 Å². The summed E-state index contributed by atoms with van der Waals surface area (Å²) in [6, 6.07) is 6.96. The number of nitrogens with one attached hydrogen (secondary N) is 1. The number of amides is 1. The van der Waals surface area contributed by atoms with Crippen LogP contribution in [0.25, 0.3) is 0 Å². The molecule has 1 heterocycles. The van der Waals surface area contributed by atoms with Crippen molar-refractivity contribution < 1.29 is 15.0 Å². The van der Waals surface area contributed by atoms with E-state index >= 15 is 0 Å². The molecule has 1 aliphatic heterocycles. The summed E-state index contributed by atoms with van der Waals surface area (Å²) in [6.07, 6.45) is -0.720. The molecule has 1 aliphatic rings. The third-order valence-electron chi connectivity index (χ3n) is 2.59. The van der Waals surface area contributed by atoms with Crippen molar-refractivity contribution in [2.45, 2.75) is 25.0 Å². The number of hydrogen-bond acceptors (Lipinski definition) is 3. The number of aliphatic hydroxyl groups excluding tert-OH is 1. The van der Waals surface area contributed by atoms with Gasteiger partial charge >= 0.3 is 0 Å². The lowest BCUT2D eigenvalue weighted by Crippen LogP contribution is -2.37. The molecule has 0 aromatic heterocycles. The highest BCUT2D eigenvalue weighted by molar-refractivity contribution is 6.04. The van der Waals surface area contributed by atoms with Crippen molar-refractivity contribution >= 4 is 11.6 Å². The molecule has 0 spiro atoms. The minimum Gasteiger partial charge on any atom is -0.393 e. The Balaban J connectivity index is 2.44. The molecule has 0 unspecified atom stereocenters. The molecule has 1 amide bonds. The zero-order valence-electron chi connectivity index (χ0n) is 8.40. The summed E-state index contributed by atoms with van der Waals surface area (Å²) >= 11 is 0. The Morgan fingerprint density at radius 3 is 2.80 bits per heavy atom. The van der Waals surface area contributed by atoms with Crippen LogP contribution in [0.1, 0.15) is 18.9 Å². The van der Waals surface area contributed by atoms with Crippen molar-refractivity contribution in [2.75, 3.05) is 5.32 Å². The van der Waals surface area contributed by atoms with E-state index in [9.17, 15) is 15.0 Å². The third kappa shape index (κ3) is 1.52. The molecule has 3 N–H and O–H groups in total. The van der Waals surface area contributed by atoms with Gasteiger partial charge < -0.3 is 15.5 Å². The zero-order valence-corrected chi connectivity index (χ0v) is 8.40. The number of anilines is 1. The van der Waals surface area contributed by atoms with Gasteiger partial charge in [0.25, 0.3) is 5.91 Å². The van der Waals surface area contributed by atoms with Gasteiger partial charge in [0.05, 0.1) is 6.10 Å². The Kier molecular flexibility index (Phi) is 2.25. The lowest BCUT2D eigenvalue weighted by molar-refractivity contribution is -0.136. The van der Waals surface area contributed by atoms with E-state index in [-0.39, 0.29) is 6.42 Å². The van der Waals surface area contributed by atoms with Crippen LogP contribution in [0.4, 0.5) is 5.69 Å². The predicted molar refractivity (Wildman–Crippen MR) is 55.3 cm³/mol. The number of aliphatic hydroxyl groups is 2. The minimum absolute atomic E-state index is 0.00977. The lowest BCUT2D eigenvalue weighted by Gasteiger charge is -2.22. The summed E-state index contributed by atoms with van der Waals surface area (Å²) < 4.78 is 0. The molecule has 80 valence electrons. The van der Waals surface area contributed by atoms with Gasteiger partial charge in [0.15, 0.2) is 5.60 Å². The van der Waals surface area contributed by atoms with Crippen LogP contribution in [0.5, 0.6) is 0 Å². The molecule has 4 nitrogen and oxygen atoms in total. The summed E-state index contributed by atoms with van der Waals surface area (Å²) in [7, 11) is 0. The van der Waals surface area contributed by atoms with E-state index < -0.39 is 17.6 Å². The van der Waals surface area contributed by atoms with E-state index in [1.54, 1.807) is 31.2 Å². The minimum atomic E-state index is -1.59. The van der Waals surface area contributed by atoms with Crippen molar-refractivity contribution in [1.29, 1.82) is 0 Å². The second kappa shape index (κ2) is 3.32. The second-order valence-corrected chi connectivity index (χ2v) is 3.91. The fraction of sp³-hybridized carbons (Fsp3) is 0.364. The molecule has 2 atom stereocenters. The van der Waals surface area contributed by atoms with Gasteiger partial charge in [-0.15, -0.1) is 0 Å². The van der Waals surface area contributed by atoms with E-state index in [0.29, 0.717) is 11.3 Å². The van der Waals surface area contributed by atoms with Gasteiger partial charge in [-0.3, -0.25) is 4.79 Å². The first kappa shape index (κ1) is 10.1. The van der Waals surface area contributed by atoms with Crippen molar-refractivity contribution in [2.24, 2.45) is 0 Å². The summed E-state index contributed by atoms with van der Waals surface area (Å²) in [6.45, 7) is 1.55. The van der Waals surface area contributed by atoms with Gasteiger partial charge in [0.2, 0.25) is 0 Å². The molecule has 1 aromatic rings. The van der Waals surface area contributed by atoms with Crippen LogP contribution in [-0.2, 0) is 10.4 Å². The van der Waals surface area contributed by atoms with Crippen LogP contribution in [0, 0.1) is 0 Å². The Bertz CT molecular complexity index is 403. The third-order valence-corrected chi connectivity index (χ3v) is 2.59. The molecule has 0 aliphatic carbocycles. The lowest BCUT2D eigenvalue weighted by atomic mass is 9.90. The molecule has 4 heteroatoms. The highest BCUT2D eigenvalue weighted by Gasteiger charge is 2.45. The van der Waals surface area contributed by atoms with Crippen LogP contribution in [0.15, 0.2) is 24.3 Å². The maximum absolute atomic E-state index is 11.6.